The molecule has 4 aromatic heterocycles. The molecular formula is C26H22N4. The molecular weight excluding hydrogens is 368 g/mol. The number of pyridine rings is 4. The van der Waals surface area contributed by atoms with Gasteiger partial charge in [0.05, 0.1) is 22.8 Å². The quantitative estimate of drug-likeness (QED) is 0.396. The smallest absolute Gasteiger partial charge is 0.0892 e. The Balaban J connectivity index is 1.49. The van der Waals surface area contributed by atoms with Crippen molar-refractivity contribution in [3.63, 3.8) is 0 Å². The number of hydrogen-bond acceptors (Lipinski definition) is 4. The summed E-state index contributed by atoms with van der Waals surface area (Å²) in [6, 6.07) is 16.1. The maximum Gasteiger partial charge on any atom is 0.0892 e. The minimum atomic E-state index is 0.870. The number of rotatable bonds is 5. The number of aromatic nitrogens is 4. The summed E-state index contributed by atoms with van der Waals surface area (Å²) < 4.78 is 0. The predicted octanol–water partition coefficient (Wildman–Crippen LogP) is 5.94. The topological polar surface area (TPSA) is 51.6 Å². The molecule has 0 amide bonds. The monoisotopic (exact) mass is 390 g/mol. The van der Waals surface area contributed by atoms with Gasteiger partial charge in [0.2, 0.25) is 0 Å². The molecule has 4 heterocycles. The van der Waals surface area contributed by atoms with Gasteiger partial charge in [0.15, 0.2) is 0 Å². The summed E-state index contributed by atoms with van der Waals surface area (Å²) in [4.78, 5) is 17.7. The van der Waals surface area contributed by atoms with Crippen LogP contribution in [0.4, 0.5) is 0 Å². The molecule has 146 valence electrons. The summed E-state index contributed by atoms with van der Waals surface area (Å²) in [6.45, 7) is 4.11. The van der Waals surface area contributed by atoms with Crippen molar-refractivity contribution in [3.8, 4) is 22.8 Å². The third-order valence-electron chi connectivity index (χ3n) is 4.61. The van der Waals surface area contributed by atoms with E-state index in [2.05, 4.69) is 45.9 Å². The van der Waals surface area contributed by atoms with Crippen LogP contribution < -0.4 is 0 Å². The van der Waals surface area contributed by atoms with Crippen LogP contribution in [-0.4, -0.2) is 19.9 Å². The van der Waals surface area contributed by atoms with Crippen LogP contribution in [-0.2, 0) is 0 Å². The third-order valence-corrected chi connectivity index (χ3v) is 4.61. The van der Waals surface area contributed by atoms with E-state index >= 15 is 0 Å². The molecule has 0 fully saturated rings. The molecule has 0 N–H and O–H groups in total. The molecule has 4 aromatic rings. The Morgan fingerprint density at radius 3 is 1.27 bits per heavy atom. The van der Waals surface area contributed by atoms with E-state index < -0.39 is 0 Å². The Bertz CT molecular complexity index is 1130. The van der Waals surface area contributed by atoms with Gasteiger partial charge in [-0.2, -0.15) is 0 Å². The number of nitrogens with zero attached hydrogens (tertiary/aromatic N) is 4. The number of allylic oxidation sites excluding steroid dienone is 2. The second kappa shape index (κ2) is 9.05. The lowest BCUT2D eigenvalue weighted by Gasteiger charge is -2.02. The molecule has 0 saturated carbocycles. The Labute approximate surface area is 176 Å². The molecule has 0 aliphatic carbocycles. The lowest BCUT2D eigenvalue weighted by atomic mass is 10.1. The highest BCUT2D eigenvalue weighted by Crippen LogP contribution is 2.18. The first-order valence-corrected chi connectivity index (χ1v) is 9.80. The highest BCUT2D eigenvalue weighted by Gasteiger charge is 2.02. The van der Waals surface area contributed by atoms with Gasteiger partial charge in [-0.1, -0.05) is 24.3 Å². The second-order valence-electron chi connectivity index (χ2n) is 7.10. The lowest BCUT2D eigenvalue weighted by Crippen LogP contribution is -1.88. The summed E-state index contributed by atoms with van der Waals surface area (Å²) in [5.74, 6) is 0. The molecule has 4 rings (SSSR count). The molecule has 0 spiro atoms. The fraction of sp³-hybridized carbons (Fsp3) is 0.0769. The van der Waals surface area contributed by atoms with Gasteiger partial charge < -0.3 is 0 Å². The number of aryl methyl sites for hydroxylation is 2. The molecule has 0 unspecified atom stereocenters. The first-order chi connectivity index (χ1) is 14.7. The van der Waals surface area contributed by atoms with Crippen LogP contribution in [0.3, 0.4) is 0 Å². The summed E-state index contributed by atoms with van der Waals surface area (Å²) in [5, 5.41) is 0. The van der Waals surface area contributed by atoms with Crippen LogP contribution in [0.2, 0.25) is 0 Å². The summed E-state index contributed by atoms with van der Waals surface area (Å²) in [7, 11) is 0. The largest absolute Gasteiger partial charge is 0.255 e. The van der Waals surface area contributed by atoms with Crippen molar-refractivity contribution < 1.29 is 0 Å². The zero-order valence-corrected chi connectivity index (χ0v) is 17.0. The molecule has 0 bridgehead atoms. The van der Waals surface area contributed by atoms with E-state index in [0.717, 1.165) is 33.9 Å². The Kier molecular flexibility index (Phi) is 5.85. The molecule has 0 aliphatic rings. The van der Waals surface area contributed by atoms with Gasteiger partial charge in [-0.3, -0.25) is 19.9 Å². The van der Waals surface area contributed by atoms with Gasteiger partial charge in [0.1, 0.15) is 0 Å². The molecule has 4 heteroatoms. The lowest BCUT2D eigenvalue weighted by molar-refractivity contribution is 1.23. The van der Waals surface area contributed by atoms with Gasteiger partial charge in [-0.05, 0) is 84.6 Å². The molecule has 4 nitrogen and oxygen atoms in total. The van der Waals surface area contributed by atoms with Crippen LogP contribution >= 0.6 is 0 Å². The zero-order valence-electron chi connectivity index (χ0n) is 17.0. The predicted molar refractivity (Wildman–Crippen MR) is 122 cm³/mol. The average Bonchev–Trinajstić information content (AvgIpc) is 2.77. The maximum absolute atomic E-state index is 4.44. The summed E-state index contributed by atoms with van der Waals surface area (Å²) in [5.41, 5.74) is 8.00. The Morgan fingerprint density at radius 2 is 0.867 bits per heavy atom. The van der Waals surface area contributed by atoms with Crippen molar-refractivity contribution >= 4 is 12.2 Å². The molecule has 0 radical (unpaired) electrons. The van der Waals surface area contributed by atoms with Gasteiger partial charge in [0.25, 0.3) is 0 Å². The van der Waals surface area contributed by atoms with E-state index in [9.17, 15) is 0 Å². The molecule has 30 heavy (non-hydrogen) atoms. The molecule has 0 aromatic carbocycles. The van der Waals surface area contributed by atoms with E-state index in [1.807, 2.05) is 85.5 Å². The van der Waals surface area contributed by atoms with Crippen molar-refractivity contribution in [2.45, 2.75) is 13.8 Å². The van der Waals surface area contributed by atoms with Crippen molar-refractivity contribution in [2.75, 3.05) is 0 Å². The fourth-order valence-electron chi connectivity index (χ4n) is 3.07. The van der Waals surface area contributed by atoms with E-state index in [1.165, 1.54) is 11.1 Å². The van der Waals surface area contributed by atoms with Gasteiger partial charge in [-0.15, -0.1) is 0 Å². The van der Waals surface area contributed by atoms with E-state index in [4.69, 9.17) is 0 Å². The zero-order chi connectivity index (χ0) is 20.8. The first kappa shape index (κ1) is 19.4. The average molecular weight is 390 g/mol. The normalized spacial score (nSPS) is 11.4. The van der Waals surface area contributed by atoms with E-state index in [0.29, 0.717) is 0 Å². The SMILES string of the molecule is Cc1ccnc(-c2cc(C=CC=Cc3ccnc(-c4cc(C)ccn4)c3)ccn2)c1. The van der Waals surface area contributed by atoms with Crippen LogP contribution in [0.5, 0.6) is 0 Å². The maximum atomic E-state index is 4.44. The highest BCUT2D eigenvalue weighted by molar-refractivity contribution is 5.64. The van der Waals surface area contributed by atoms with Gasteiger partial charge in [-0.25, -0.2) is 0 Å². The molecule has 0 saturated heterocycles. The van der Waals surface area contributed by atoms with Gasteiger partial charge in [0, 0.05) is 24.8 Å². The summed E-state index contributed by atoms with van der Waals surface area (Å²) >= 11 is 0. The minimum Gasteiger partial charge on any atom is -0.255 e. The van der Waals surface area contributed by atoms with Gasteiger partial charge >= 0.3 is 0 Å². The fourth-order valence-corrected chi connectivity index (χ4v) is 3.07. The first-order valence-electron chi connectivity index (χ1n) is 9.80. The van der Waals surface area contributed by atoms with Crippen molar-refractivity contribution in [2.24, 2.45) is 0 Å². The van der Waals surface area contributed by atoms with Crippen LogP contribution in [0, 0.1) is 13.8 Å². The third kappa shape index (κ3) is 4.92. The Morgan fingerprint density at radius 1 is 0.500 bits per heavy atom. The standard InChI is InChI=1S/C26H22N4/c1-19-7-11-27-23(15-19)25-17-21(9-13-29-25)5-3-4-6-22-10-14-30-26(18-22)24-16-20(2)8-12-28-24/h3-18H,1-2H3. The van der Waals surface area contributed by atoms with Crippen LogP contribution in [0.25, 0.3) is 34.9 Å². The number of hydrogen-bond donors (Lipinski definition) is 0. The van der Waals surface area contributed by atoms with E-state index in [1.54, 1.807) is 0 Å². The summed E-state index contributed by atoms with van der Waals surface area (Å²) in [6.07, 6.45) is 15.4. The minimum absolute atomic E-state index is 0.870. The highest BCUT2D eigenvalue weighted by atomic mass is 14.8. The second-order valence-corrected chi connectivity index (χ2v) is 7.10. The van der Waals surface area contributed by atoms with E-state index in [-0.39, 0.29) is 0 Å². The van der Waals surface area contributed by atoms with Crippen molar-refractivity contribution in [1.82, 2.24) is 19.9 Å². The van der Waals surface area contributed by atoms with Crippen molar-refractivity contribution in [1.29, 1.82) is 0 Å². The van der Waals surface area contributed by atoms with Crippen LogP contribution in [0.1, 0.15) is 22.3 Å². The molecule has 0 aliphatic heterocycles. The van der Waals surface area contributed by atoms with Crippen LogP contribution in [0.15, 0.2) is 85.5 Å². The van der Waals surface area contributed by atoms with Crippen molar-refractivity contribution in [3.05, 3.63) is 108 Å². The Hall–Kier alpha value is -3.92. The molecule has 0 atom stereocenters.